The molecular formula is C20H21N3. The van der Waals surface area contributed by atoms with E-state index in [2.05, 4.69) is 70.3 Å². The van der Waals surface area contributed by atoms with Crippen molar-refractivity contribution in [3.05, 3.63) is 66.0 Å². The number of benzene rings is 2. The fourth-order valence-corrected chi connectivity index (χ4v) is 3.56. The number of nitrogens with zero attached hydrogens (tertiary/aromatic N) is 3. The van der Waals surface area contributed by atoms with Crippen LogP contribution in [0.4, 0.5) is 5.82 Å². The highest BCUT2D eigenvalue weighted by atomic mass is 15.2. The van der Waals surface area contributed by atoms with Gasteiger partial charge in [-0.15, -0.1) is 0 Å². The van der Waals surface area contributed by atoms with Crippen molar-refractivity contribution in [2.75, 3.05) is 18.0 Å². The maximum absolute atomic E-state index is 4.58. The molecule has 1 fully saturated rings. The largest absolute Gasteiger partial charge is 0.356 e. The van der Waals surface area contributed by atoms with E-state index in [0.29, 0.717) is 5.92 Å². The number of rotatable bonds is 2. The first-order chi connectivity index (χ1) is 11.3. The Balaban J connectivity index is 1.58. The standard InChI is InChI=1S/C20H21N3/c1-15-7-8-19-18(13-15)20(22-14-21-19)23-11-9-17(10-12-23)16-5-3-2-4-6-16/h2-8,13-14,17H,9-12H2,1H3. The lowest BCUT2D eigenvalue weighted by Gasteiger charge is -2.33. The van der Waals surface area contributed by atoms with Crippen LogP contribution in [-0.2, 0) is 0 Å². The molecule has 0 unspecified atom stereocenters. The van der Waals surface area contributed by atoms with Crippen molar-refractivity contribution < 1.29 is 0 Å². The molecule has 0 amide bonds. The molecule has 1 aromatic heterocycles. The van der Waals surface area contributed by atoms with Crippen molar-refractivity contribution >= 4 is 16.7 Å². The summed E-state index contributed by atoms with van der Waals surface area (Å²) in [5.74, 6) is 1.76. The number of hydrogen-bond donors (Lipinski definition) is 0. The second kappa shape index (κ2) is 5.99. The second-order valence-corrected chi connectivity index (χ2v) is 6.39. The van der Waals surface area contributed by atoms with Crippen molar-refractivity contribution in [2.24, 2.45) is 0 Å². The van der Waals surface area contributed by atoms with Crippen LogP contribution in [0.5, 0.6) is 0 Å². The van der Waals surface area contributed by atoms with Crippen molar-refractivity contribution in [3.8, 4) is 0 Å². The Bertz CT molecular complexity index is 805. The van der Waals surface area contributed by atoms with Crippen molar-refractivity contribution in [1.82, 2.24) is 9.97 Å². The molecule has 3 nitrogen and oxygen atoms in total. The summed E-state index contributed by atoms with van der Waals surface area (Å²) in [6.07, 6.45) is 4.05. The summed E-state index contributed by atoms with van der Waals surface area (Å²) in [5.41, 5.74) is 3.76. The van der Waals surface area contributed by atoms with Crippen molar-refractivity contribution in [2.45, 2.75) is 25.7 Å². The first kappa shape index (κ1) is 14.2. The molecule has 23 heavy (non-hydrogen) atoms. The zero-order valence-corrected chi connectivity index (χ0v) is 13.4. The first-order valence-electron chi connectivity index (χ1n) is 8.32. The Morgan fingerprint density at radius 2 is 1.74 bits per heavy atom. The third-order valence-electron chi connectivity index (χ3n) is 4.84. The van der Waals surface area contributed by atoms with Crippen LogP contribution < -0.4 is 4.90 Å². The summed E-state index contributed by atoms with van der Waals surface area (Å²) in [7, 11) is 0. The molecule has 4 rings (SSSR count). The minimum Gasteiger partial charge on any atom is -0.356 e. The average Bonchev–Trinajstić information content (AvgIpc) is 2.62. The lowest BCUT2D eigenvalue weighted by molar-refractivity contribution is 0.503. The topological polar surface area (TPSA) is 29.0 Å². The van der Waals surface area contributed by atoms with E-state index in [0.717, 1.165) is 24.4 Å². The molecule has 3 heteroatoms. The molecule has 1 aliphatic rings. The van der Waals surface area contributed by atoms with E-state index in [1.807, 2.05) is 0 Å². The van der Waals surface area contributed by atoms with Crippen LogP contribution in [0.2, 0.25) is 0 Å². The molecule has 2 heterocycles. The minimum absolute atomic E-state index is 0.669. The summed E-state index contributed by atoms with van der Waals surface area (Å²) in [5, 5.41) is 1.17. The average molecular weight is 303 g/mol. The van der Waals surface area contributed by atoms with Gasteiger partial charge in [-0.25, -0.2) is 9.97 Å². The highest BCUT2D eigenvalue weighted by Crippen LogP contribution is 2.32. The van der Waals surface area contributed by atoms with Gasteiger partial charge >= 0.3 is 0 Å². The van der Waals surface area contributed by atoms with Gasteiger partial charge in [0.05, 0.1) is 5.52 Å². The molecule has 0 spiro atoms. The number of piperidine rings is 1. The fraction of sp³-hybridized carbons (Fsp3) is 0.300. The van der Waals surface area contributed by atoms with Gasteiger partial charge in [0.15, 0.2) is 0 Å². The van der Waals surface area contributed by atoms with Gasteiger partial charge in [0.1, 0.15) is 12.1 Å². The molecule has 1 saturated heterocycles. The Kier molecular flexibility index (Phi) is 3.70. The zero-order chi connectivity index (χ0) is 15.6. The third-order valence-corrected chi connectivity index (χ3v) is 4.84. The van der Waals surface area contributed by atoms with Crippen LogP contribution in [0, 0.1) is 6.92 Å². The van der Waals surface area contributed by atoms with Gasteiger partial charge in [-0.2, -0.15) is 0 Å². The number of fused-ring (bicyclic) bond motifs is 1. The highest BCUT2D eigenvalue weighted by Gasteiger charge is 2.22. The third kappa shape index (κ3) is 2.79. The summed E-state index contributed by atoms with van der Waals surface area (Å²) in [6, 6.07) is 17.3. The Morgan fingerprint density at radius 1 is 0.957 bits per heavy atom. The van der Waals surface area contributed by atoms with Gasteiger partial charge in [-0.05, 0) is 43.4 Å². The quantitative estimate of drug-likeness (QED) is 0.706. The normalized spacial score (nSPS) is 16.0. The van der Waals surface area contributed by atoms with Crippen LogP contribution in [0.15, 0.2) is 54.9 Å². The van der Waals surface area contributed by atoms with Crippen LogP contribution in [0.1, 0.15) is 29.9 Å². The van der Waals surface area contributed by atoms with E-state index < -0.39 is 0 Å². The maximum Gasteiger partial charge on any atom is 0.139 e. The Morgan fingerprint density at radius 3 is 2.52 bits per heavy atom. The van der Waals surface area contributed by atoms with Gasteiger partial charge in [-0.3, -0.25) is 0 Å². The summed E-state index contributed by atoms with van der Waals surface area (Å²) >= 11 is 0. The molecular weight excluding hydrogens is 282 g/mol. The van der Waals surface area contributed by atoms with Crippen LogP contribution >= 0.6 is 0 Å². The summed E-state index contributed by atoms with van der Waals surface area (Å²) < 4.78 is 0. The Hall–Kier alpha value is -2.42. The number of aromatic nitrogens is 2. The predicted molar refractivity (Wildman–Crippen MR) is 94.9 cm³/mol. The molecule has 0 N–H and O–H groups in total. The van der Waals surface area contributed by atoms with Gasteiger partial charge in [-0.1, -0.05) is 42.0 Å². The molecule has 3 aromatic rings. The number of aryl methyl sites for hydroxylation is 1. The van der Waals surface area contributed by atoms with Crippen molar-refractivity contribution in [3.63, 3.8) is 0 Å². The van der Waals surface area contributed by atoms with Gasteiger partial charge in [0, 0.05) is 18.5 Å². The molecule has 0 bridgehead atoms. The number of anilines is 1. The van der Waals surface area contributed by atoms with Crippen LogP contribution in [0.3, 0.4) is 0 Å². The lowest BCUT2D eigenvalue weighted by atomic mass is 9.89. The van der Waals surface area contributed by atoms with Gasteiger partial charge < -0.3 is 4.90 Å². The zero-order valence-electron chi connectivity index (χ0n) is 13.4. The smallest absolute Gasteiger partial charge is 0.139 e. The highest BCUT2D eigenvalue weighted by molar-refractivity contribution is 5.89. The Labute approximate surface area is 137 Å². The lowest BCUT2D eigenvalue weighted by Crippen LogP contribution is -2.33. The van der Waals surface area contributed by atoms with Gasteiger partial charge in [0.25, 0.3) is 0 Å². The van der Waals surface area contributed by atoms with Gasteiger partial charge in [0.2, 0.25) is 0 Å². The van der Waals surface area contributed by atoms with E-state index in [-0.39, 0.29) is 0 Å². The first-order valence-corrected chi connectivity index (χ1v) is 8.32. The molecule has 0 aliphatic carbocycles. The SMILES string of the molecule is Cc1ccc2ncnc(N3CCC(c4ccccc4)CC3)c2c1. The van der Waals surface area contributed by atoms with E-state index in [4.69, 9.17) is 0 Å². The molecule has 0 radical (unpaired) electrons. The van der Waals surface area contributed by atoms with E-state index in [1.54, 1.807) is 6.33 Å². The van der Waals surface area contributed by atoms with E-state index in [1.165, 1.54) is 29.4 Å². The fourth-order valence-electron chi connectivity index (χ4n) is 3.56. The minimum atomic E-state index is 0.669. The maximum atomic E-state index is 4.58. The second-order valence-electron chi connectivity index (χ2n) is 6.39. The monoisotopic (exact) mass is 303 g/mol. The number of hydrogen-bond acceptors (Lipinski definition) is 3. The molecule has 0 saturated carbocycles. The molecule has 0 atom stereocenters. The molecule has 1 aliphatic heterocycles. The summed E-state index contributed by atoms with van der Waals surface area (Å²) in [4.78, 5) is 11.4. The van der Waals surface area contributed by atoms with Crippen LogP contribution in [0.25, 0.3) is 10.9 Å². The summed E-state index contributed by atoms with van der Waals surface area (Å²) in [6.45, 7) is 4.23. The molecule has 116 valence electrons. The van der Waals surface area contributed by atoms with E-state index in [9.17, 15) is 0 Å². The molecule has 2 aromatic carbocycles. The predicted octanol–water partition coefficient (Wildman–Crippen LogP) is 4.32. The van der Waals surface area contributed by atoms with Crippen molar-refractivity contribution in [1.29, 1.82) is 0 Å². The van der Waals surface area contributed by atoms with E-state index >= 15 is 0 Å². The van der Waals surface area contributed by atoms with Crippen LogP contribution in [-0.4, -0.2) is 23.1 Å².